The molecule has 0 bridgehead atoms. The van der Waals surface area contributed by atoms with Gasteiger partial charge in [-0.25, -0.2) is 0 Å². The molecule has 25 heavy (non-hydrogen) atoms. The predicted octanol–water partition coefficient (Wildman–Crippen LogP) is 4.12. The SMILES string of the molecule is O=C(c1cccc(C(F)(F)F)c1)N(Cc1ccco1)CC1CCCO1. The Labute approximate surface area is 143 Å². The van der Waals surface area contributed by atoms with E-state index in [1.807, 2.05) is 0 Å². The minimum atomic E-state index is -4.49. The number of amides is 1. The van der Waals surface area contributed by atoms with Gasteiger partial charge in [-0.1, -0.05) is 6.07 Å². The van der Waals surface area contributed by atoms with Crippen molar-refractivity contribution >= 4 is 5.91 Å². The fourth-order valence-electron chi connectivity index (χ4n) is 2.86. The van der Waals surface area contributed by atoms with E-state index in [-0.39, 0.29) is 18.2 Å². The normalized spacial score (nSPS) is 17.6. The van der Waals surface area contributed by atoms with E-state index in [0.29, 0.717) is 18.9 Å². The first-order chi connectivity index (χ1) is 11.9. The smallest absolute Gasteiger partial charge is 0.416 e. The van der Waals surface area contributed by atoms with Crippen LogP contribution in [0, 0.1) is 0 Å². The summed E-state index contributed by atoms with van der Waals surface area (Å²) < 4.78 is 49.6. The van der Waals surface area contributed by atoms with Crippen LogP contribution in [0.15, 0.2) is 47.1 Å². The number of furan rings is 1. The van der Waals surface area contributed by atoms with Crippen LogP contribution >= 0.6 is 0 Å². The third-order valence-corrected chi connectivity index (χ3v) is 4.10. The summed E-state index contributed by atoms with van der Waals surface area (Å²) in [5.41, 5.74) is -0.840. The van der Waals surface area contributed by atoms with Gasteiger partial charge >= 0.3 is 6.18 Å². The van der Waals surface area contributed by atoms with Crippen molar-refractivity contribution in [3.8, 4) is 0 Å². The molecule has 2 aromatic rings. The number of alkyl halides is 3. The molecule has 0 aliphatic carbocycles. The van der Waals surface area contributed by atoms with Gasteiger partial charge in [0.1, 0.15) is 5.76 Å². The third kappa shape index (κ3) is 4.42. The topological polar surface area (TPSA) is 42.7 Å². The van der Waals surface area contributed by atoms with Crippen LogP contribution in [0.5, 0.6) is 0 Å². The zero-order valence-corrected chi connectivity index (χ0v) is 13.5. The lowest BCUT2D eigenvalue weighted by Gasteiger charge is -2.25. The van der Waals surface area contributed by atoms with Gasteiger partial charge in [0.15, 0.2) is 0 Å². The van der Waals surface area contributed by atoms with E-state index in [0.717, 1.165) is 25.0 Å². The summed E-state index contributed by atoms with van der Waals surface area (Å²) in [6.07, 6.45) is -1.36. The molecule has 1 aromatic heterocycles. The molecule has 1 aliphatic rings. The highest BCUT2D eigenvalue weighted by atomic mass is 19.4. The Morgan fingerprint density at radius 1 is 1.24 bits per heavy atom. The van der Waals surface area contributed by atoms with Crippen molar-refractivity contribution in [2.24, 2.45) is 0 Å². The summed E-state index contributed by atoms with van der Waals surface area (Å²) in [5, 5.41) is 0. The number of carbonyl (C=O) groups is 1. The molecule has 1 unspecified atom stereocenters. The molecule has 3 rings (SSSR count). The Morgan fingerprint density at radius 2 is 2.08 bits per heavy atom. The largest absolute Gasteiger partial charge is 0.467 e. The summed E-state index contributed by atoms with van der Waals surface area (Å²) >= 11 is 0. The number of halogens is 3. The van der Waals surface area contributed by atoms with Crippen LogP contribution < -0.4 is 0 Å². The molecule has 1 atom stereocenters. The van der Waals surface area contributed by atoms with Gasteiger partial charge in [0, 0.05) is 18.7 Å². The van der Waals surface area contributed by atoms with Gasteiger partial charge in [0.25, 0.3) is 5.91 Å². The number of hydrogen-bond donors (Lipinski definition) is 0. The third-order valence-electron chi connectivity index (χ3n) is 4.10. The molecule has 1 aromatic carbocycles. The van der Waals surface area contributed by atoms with Gasteiger partial charge in [-0.3, -0.25) is 4.79 Å². The van der Waals surface area contributed by atoms with Crippen molar-refractivity contribution in [3.63, 3.8) is 0 Å². The second-order valence-electron chi connectivity index (χ2n) is 5.98. The molecule has 134 valence electrons. The monoisotopic (exact) mass is 353 g/mol. The van der Waals surface area contributed by atoms with Crippen molar-refractivity contribution in [1.82, 2.24) is 4.90 Å². The molecule has 1 aliphatic heterocycles. The van der Waals surface area contributed by atoms with Crippen molar-refractivity contribution in [1.29, 1.82) is 0 Å². The molecule has 2 heterocycles. The minimum absolute atomic E-state index is 0.000576. The number of rotatable bonds is 5. The van der Waals surface area contributed by atoms with Crippen LogP contribution in [0.25, 0.3) is 0 Å². The zero-order valence-electron chi connectivity index (χ0n) is 13.5. The Kier molecular flexibility index (Phi) is 5.13. The number of benzene rings is 1. The lowest BCUT2D eigenvalue weighted by Crippen LogP contribution is -2.37. The average Bonchev–Trinajstić information content (AvgIpc) is 3.27. The fourth-order valence-corrected chi connectivity index (χ4v) is 2.86. The van der Waals surface area contributed by atoms with E-state index < -0.39 is 17.6 Å². The van der Waals surface area contributed by atoms with E-state index in [2.05, 4.69) is 0 Å². The summed E-state index contributed by atoms with van der Waals surface area (Å²) in [6.45, 7) is 1.13. The van der Waals surface area contributed by atoms with Crippen LogP contribution in [0.2, 0.25) is 0 Å². The Morgan fingerprint density at radius 3 is 2.72 bits per heavy atom. The maximum absolute atomic E-state index is 12.9. The Hall–Kier alpha value is -2.28. The summed E-state index contributed by atoms with van der Waals surface area (Å²) in [5.74, 6) is 0.0938. The van der Waals surface area contributed by atoms with Gasteiger partial charge < -0.3 is 14.1 Å². The van der Waals surface area contributed by atoms with Crippen LogP contribution in [-0.4, -0.2) is 30.1 Å². The summed E-state index contributed by atoms with van der Waals surface area (Å²) in [6, 6.07) is 7.90. The second kappa shape index (κ2) is 7.31. The molecule has 0 saturated carbocycles. The Bertz CT molecular complexity index is 707. The zero-order chi connectivity index (χ0) is 17.9. The van der Waals surface area contributed by atoms with E-state index in [9.17, 15) is 18.0 Å². The highest BCUT2D eigenvalue weighted by Gasteiger charge is 2.32. The van der Waals surface area contributed by atoms with Gasteiger partial charge in [-0.2, -0.15) is 13.2 Å². The second-order valence-corrected chi connectivity index (χ2v) is 5.98. The van der Waals surface area contributed by atoms with Crippen LogP contribution in [-0.2, 0) is 17.5 Å². The number of nitrogens with zero attached hydrogens (tertiary/aromatic N) is 1. The number of hydrogen-bond acceptors (Lipinski definition) is 3. The highest BCUT2D eigenvalue weighted by molar-refractivity contribution is 5.94. The standard InChI is InChI=1S/C18H18F3NO3/c19-18(20,21)14-5-1-4-13(10-14)17(23)22(11-15-6-2-8-24-15)12-16-7-3-9-25-16/h1-2,4-6,8,10,16H,3,7,9,11-12H2. The first kappa shape index (κ1) is 17.5. The molecule has 1 saturated heterocycles. The van der Waals surface area contributed by atoms with Crippen LogP contribution in [0.1, 0.15) is 34.5 Å². The molecular formula is C18H18F3NO3. The minimum Gasteiger partial charge on any atom is -0.467 e. The quantitative estimate of drug-likeness (QED) is 0.812. The number of carbonyl (C=O) groups excluding carboxylic acids is 1. The van der Waals surface area contributed by atoms with E-state index >= 15 is 0 Å². The maximum atomic E-state index is 12.9. The Balaban J connectivity index is 1.82. The van der Waals surface area contributed by atoms with Crippen LogP contribution in [0.3, 0.4) is 0 Å². The average molecular weight is 353 g/mol. The van der Waals surface area contributed by atoms with Gasteiger partial charge in [-0.05, 0) is 43.2 Å². The highest BCUT2D eigenvalue weighted by Crippen LogP contribution is 2.30. The van der Waals surface area contributed by atoms with Crippen LogP contribution in [0.4, 0.5) is 13.2 Å². The summed E-state index contributed by atoms with van der Waals surface area (Å²) in [4.78, 5) is 14.3. The molecule has 1 amide bonds. The molecular weight excluding hydrogens is 335 g/mol. The molecule has 4 nitrogen and oxygen atoms in total. The van der Waals surface area contributed by atoms with Crippen molar-refractivity contribution in [3.05, 3.63) is 59.5 Å². The lowest BCUT2D eigenvalue weighted by molar-refractivity contribution is -0.137. The van der Waals surface area contributed by atoms with Crippen molar-refractivity contribution in [2.45, 2.75) is 31.7 Å². The van der Waals surface area contributed by atoms with Gasteiger partial charge in [0.2, 0.25) is 0 Å². The first-order valence-electron chi connectivity index (χ1n) is 8.04. The maximum Gasteiger partial charge on any atom is 0.416 e. The fraction of sp³-hybridized carbons (Fsp3) is 0.389. The van der Waals surface area contributed by atoms with E-state index in [1.165, 1.54) is 23.3 Å². The van der Waals surface area contributed by atoms with Crippen molar-refractivity contribution in [2.75, 3.05) is 13.2 Å². The molecule has 0 spiro atoms. The van der Waals surface area contributed by atoms with Crippen molar-refractivity contribution < 1.29 is 27.1 Å². The number of ether oxygens (including phenoxy) is 1. The molecule has 7 heteroatoms. The van der Waals surface area contributed by atoms with E-state index in [4.69, 9.17) is 9.15 Å². The van der Waals surface area contributed by atoms with Gasteiger partial charge in [0.05, 0.1) is 24.5 Å². The summed E-state index contributed by atoms with van der Waals surface area (Å²) in [7, 11) is 0. The molecule has 0 N–H and O–H groups in total. The first-order valence-corrected chi connectivity index (χ1v) is 8.04. The molecule has 1 fully saturated rings. The molecule has 0 radical (unpaired) electrons. The van der Waals surface area contributed by atoms with E-state index in [1.54, 1.807) is 12.1 Å². The lowest BCUT2D eigenvalue weighted by atomic mass is 10.1. The predicted molar refractivity (Wildman–Crippen MR) is 83.9 cm³/mol. The van der Waals surface area contributed by atoms with Gasteiger partial charge in [-0.15, -0.1) is 0 Å².